The van der Waals surface area contributed by atoms with Crippen molar-refractivity contribution in [1.82, 2.24) is 0 Å². The lowest BCUT2D eigenvalue weighted by atomic mass is 10.1. The number of aryl methyl sites for hydroxylation is 4. The molecule has 1 aliphatic rings. The van der Waals surface area contributed by atoms with Gasteiger partial charge in [-0.05, 0) is 49.9 Å². The summed E-state index contributed by atoms with van der Waals surface area (Å²) < 4.78 is 0. The molecule has 1 aliphatic heterocycles. The van der Waals surface area contributed by atoms with Crippen LogP contribution in [0.25, 0.3) is 0 Å². The minimum absolute atomic E-state index is 0.715. The first-order valence-electron chi connectivity index (χ1n) is 8.19. The van der Waals surface area contributed by atoms with Gasteiger partial charge in [-0.15, -0.1) is 4.99 Å². The molecule has 0 N–H and O–H groups in total. The maximum absolute atomic E-state index is 9.24. The molecule has 0 atom stereocenters. The van der Waals surface area contributed by atoms with Crippen molar-refractivity contribution in [3.63, 3.8) is 0 Å². The zero-order chi connectivity index (χ0) is 17.3. The van der Waals surface area contributed by atoms with Gasteiger partial charge in [0.05, 0.1) is 0 Å². The molecule has 1 saturated heterocycles. The van der Waals surface area contributed by atoms with Crippen LogP contribution >= 0.6 is 0 Å². The maximum Gasteiger partial charge on any atom is 0.221 e. The average molecular weight is 318 g/mol. The molecular weight excluding hydrogens is 296 g/mol. The van der Waals surface area contributed by atoms with Crippen LogP contribution in [0.2, 0.25) is 0 Å². The number of aliphatic imine (C=N–C) groups is 1. The average Bonchev–Trinajstić information content (AvgIpc) is 2.91. The van der Waals surface area contributed by atoms with E-state index in [0.29, 0.717) is 5.96 Å². The quantitative estimate of drug-likeness (QED) is 0.783. The highest BCUT2D eigenvalue weighted by Gasteiger charge is 2.32. The Morgan fingerprint density at radius 2 is 1.17 bits per heavy atom. The van der Waals surface area contributed by atoms with Crippen LogP contribution in [0, 0.1) is 39.1 Å². The lowest BCUT2D eigenvalue weighted by Gasteiger charge is -2.26. The van der Waals surface area contributed by atoms with Crippen LogP contribution in [0.5, 0.6) is 0 Å². The molecule has 3 rings (SSSR count). The van der Waals surface area contributed by atoms with E-state index in [4.69, 9.17) is 0 Å². The van der Waals surface area contributed by atoms with Gasteiger partial charge in [0.2, 0.25) is 12.2 Å². The number of nitrogens with zero attached hydrogens (tertiary/aromatic N) is 4. The van der Waals surface area contributed by atoms with Crippen LogP contribution in [-0.2, 0) is 0 Å². The lowest BCUT2D eigenvalue weighted by molar-refractivity contribution is 1.01. The molecule has 0 saturated carbocycles. The fraction of sp³-hybridized carbons (Fsp3) is 0.300. The van der Waals surface area contributed by atoms with Gasteiger partial charge in [-0.25, -0.2) is 0 Å². The number of nitriles is 1. The molecule has 4 nitrogen and oxygen atoms in total. The van der Waals surface area contributed by atoms with Gasteiger partial charge in [-0.2, -0.15) is 5.26 Å². The number of para-hydroxylation sites is 2. The number of guanidine groups is 1. The van der Waals surface area contributed by atoms with Crippen molar-refractivity contribution in [2.75, 3.05) is 22.9 Å². The third kappa shape index (κ3) is 2.63. The Morgan fingerprint density at radius 3 is 1.50 bits per heavy atom. The number of hydrogen-bond donors (Lipinski definition) is 0. The van der Waals surface area contributed by atoms with Crippen LogP contribution in [0.1, 0.15) is 22.3 Å². The van der Waals surface area contributed by atoms with Gasteiger partial charge in [-0.3, -0.25) is 0 Å². The van der Waals surface area contributed by atoms with Crippen molar-refractivity contribution >= 4 is 17.3 Å². The largest absolute Gasteiger partial charge is 0.309 e. The molecule has 0 bridgehead atoms. The number of anilines is 2. The summed E-state index contributed by atoms with van der Waals surface area (Å²) in [5.41, 5.74) is 7.10. The van der Waals surface area contributed by atoms with Crippen LogP contribution in [0.4, 0.5) is 11.4 Å². The Balaban J connectivity index is 2.11. The first-order valence-corrected chi connectivity index (χ1v) is 8.19. The van der Waals surface area contributed by atoms with Crippen molar-refractivity contribution in [2.45, 2.75) is 27.7 Å². The summed E-state index contributed by atoms with van der Waals surface area (Å²) in [5.74, 6) is 0.715. The van der Waals surface area contributed by atoms with Crippen molar-refractivity contribution in [2.24, 2.45) is 4.99 Å². The molecule has 0 aliphatic carbocycles. The van der Waals surface area contributed by atoms with E-state index in [1.54, 1.807) is 0 Å². The van der Waals surface area contributed by atoms with E-state index >= 15 is 0 Å². The zero-order valence-electron chi connectivity index (χ0n) is 14.7. The number of hydrogen-bond acceptors (Lipinski definition) is 2. The van der Waals surface area contributed by atoms with Crippen LogP contribution < -0.4 is 9.80 Å². The Morgan fingerprint density at radius 1 is 0.792 bits per heavy atom. The molecule has 24 heavy (non-hydrogen) atoms. The minimum atomic E-state index is 0.715. The molecule has 0 aromatic heterocycles. The molecular formula is C20H22N4. The number of rotatable bonds is 2. The Labute approximate surface area is 143 Å². The van der Waals surface area contributed by atoms with Gasteiger partial charge >= 0.3 is 0 Å². The van der Waals surface area contributed by atoms with Gasteiger partial charge in [0, 0.05) is 24.5 Å². The van der Waals surface area contributed by atoms with E-state index in [2.05, 4.69) is 78.9 Å². The molecule has 0 spiro atoms. The second kappa shape index (κ2) is 6.37. The van der Waals surface area contributed by atoms with Gasteiger partial charge in [0.15, 0.2) is 0 Å². The lowest BCUT2D eigenvalue weighted by Crippen LogP contribution is -2.35. The van der Waals surface area contributed by atoms with Crippen molar-refractivity contribution in [3.8, 4) is 6.19 Å². The standard InChI is InChI=1S/C20H22N4/c1-14-7-5-8-15(2)18(14)23-11-12-24(20(23)22-13-21)19-16(3)9-6-10-17(19)4/h5-10H,11-12H2,1-4H3. The maximum atomic E-state index is 9.24. The summed E-state index contributed by atoms with van der Waals surface area (Å²) >= 11 is 0. The number of benzene rings is 2. The molecule has 2 aromatic rings. The van der Waals surface area contributed by atoms with Gasteiger partial charge < -0.3 is 9.80 Å². The summed E-state index contributed by atoms with van der Waals surface area (Å²) in [6.45, 7) is 10.1. The van der Waals surface area contributed by atoms with Crippen LogP contribution in [0.3, 0.4) is 0 Å². The molecule has 1 fully saturated rings. The molecule has 0 amide bonds. The van der Waals surface area contributed by atoms with Crippen LogP contribution in [-0.4, -0.2) is 19.0 Å². The third-order valence-corrected chi connectivity index (χ3v) is 4.60. The van der Waals surface area contributed by atoms with Crippen molar-refractivity contribution in [1.29, 1.82) is 5.26 Å². The highest BCUT2D eigenvalue weighted by molar-refractivity contribution is 6.11. The minimum Gasteiger partial charge on any atom is -0.309 e. The smallest absolute Gasteiger partial charge is 0.221 e. The molecule has 0 unspecified atom stereocenters. The fourth-order valence-corrected chi connectivity index (χ4v) is 3.60. The summed E-state index contributed by atoms with van der Waals surface area (Å²) in [6.07, 6.45) is 1.99. The van der Waals surface area contributed by atoms with E-state index in [1.165, 1.54) is 22.3 Å². The molecule has 1 heterocycles. The first kappa shape index (κ1) is 16.1. The van der Waals surface area contributed by atoms with Gasteiger partial charge in [0.1, 0.15) is 0 Å². The highest BCUT2D eigenvalue weighted by Crippen LogP contribution is 2.33. The van der Waals surface area contributed by atoms with Crippen LogP contribution in [0.15, 0.2) is 41.4 Å². The Hall–Kier alpha value is -2.80. The van der Waals surface area contributed by atoms with Gasteiger partial charge in [-0.1, -0.05) is 36.4 Å². The van der Waals surface area contributed by atoms with E-state index in [9.17, 15) is 5.26 Å². The molecule has 2 aromatic carbocycles. The SMILES string of the molecule is Cc1cccc(C)c1N1CCN(c2c(C)cccc2C)C1=NC#N. The zero-order valence-corrected chi connectivity index (χ0v) is 14.7. The fourth-order valence-electron chi connectivity index (χ4n) is 3.60. The van der Waals surface area contributed by atoms with Crippen molar-refractivity contribution < 1.29 is 0 Å². The summed E-state index contributed by atoms with van der Waals surface area (Å²) in [6, 6.07) is 12.5. The molecule has 4 heteroatoms. The third-order valence-electron chi connectivity index (χ3n) is 4.60. The predicted octanol–water partition coefficient (Wildman–Crippen LogP) is 4.08. The second-order valence-electron chi connectivity index (χ2n) is 6.30. The van der Waals surface area contributed by atoms with E-state index in [0.717, 1.165) is 24.5 Å². The van der Waals surface area contributed by atoms with Crippen molar-refractivity contribution in [3.05, 3.63) is 58.7 Å². The molecule has 122 valence electrons. The topological polar surface area (TPSA) is 42.6 Å². The first-order chi connectivity index (χ1) is 11.5. The van der Waals surface area contributed by atoms with E-state index in [-0.39, 0.29) is 0 Å². The molecule has 0 radical (unpaired) electrons. The highest BCUT2D eigenvalue weighted by atomic mass is 15.4. The van der Waals surface area contributed by atoms with E-state index in [1.807, 2.05) is 6.19 Å². The normalized spacial score (nSPS) is 14.0. The Bertz CT molecular complexity index is 743. The van der Waals surface area contributed by atoms with E-state index < -0.39 is 0 Å². The monoisotopic (exact) mass is 318 g/mol. The van der Waals surface area contributed by atoms with Gasteiger partial charge in [0.25, 0.3) is 0 Å². The summed E-state index contributed by atoms with van der Waals surface area (Å²) in [4.78, 5) is 8.51. The summed E-state index contributed by atoms with van der Waals surface area (Å²) in [7, 11) is 0. The second-order valence-corrected chi connectivity index (χ2v) is 6.30. The Kier molecular flexibility index (Phi) is 4.26. The predicted molar refractivity (Wildman–Crippen MR) is 99.6 cm³/mol. The summed E-state index contributed by atoms with van der Waals surface area (Å²) in [5, 5.41) is 9.24.